The van der Waals surface area contributed by atoms with Crippen molar-refractivity contribution in [2.45, 2.75) is 46.1 Å². The molecule has 3 amide bonds. The van der Waals surface area contributed by atoms with E-state index in [1.165, 1.54) is 0 Å². The Kier molecular flexibility index (Phi) is 7.50. The maximum Gasteiger partial charge on any atom is 0.324 e. The van der Waals surface area contributed by atoms with Crippen LogP contribution in [0.25, 0.3) is 0 Å². The zero-order valence-corrected chi connectivity index (χ0v) is 19.5. The number of amides is 3. The summed E-state index contributed by atoms with van der Waals surface area (Å²) in [5.41, 5.74) is 7.99. The zero-order chi connectivity index (χ0) is 22.6. The van der Waals surface area contributed by atoms with Crippen LogP contribution in [-0.4, -0.2) is 29.9 Å². The van der Waals surface area contributed by atoms with E-state index in [2.05, 4.69) is 6.92 Å². The Bertz CT molecular complexity index is 948. The molecule has 166 valence electrons. The molecule has 31 heavy (non-hydrogen) atoms. The van der Waals surface area contributed by atoms with Gasteiger partial charge in [-0.25, -0.2) is 4.79 Å². The molecule has 0 saturated carbocycles. The van der Waals surface area contributed by atoms with Crippen LogP contribution in [0.5, 0.6) is 0 Å². The molecule has 3 rings (SSSR count). The molecule has 1 unspecified atom stereocenters. The van der Waals surface area contributed by atoms with Crippen molar-refractivity contribution in [2.75, 3.05) is 18.0 Å². The molecule has 1 aliphatic rings. The Balaban J connectivity index is 1.99. The molecular formula is C24H29Cl2N3O2. The standard InChI is InChI=1S/C24H29Cl2N3O2/c1-3-4-11-24(13-22(27)30)15-28(14-18-7-8-19(25)12-21(18)26)23(31)29(16-24)20-9-5-17(2)6-10-20/h5-10,12H,3-4,11,13-16H2,1-2H3,(H2,27,30). The van der Waals surface area contributed by atoms with E-state index in [-0.39, 0.29) is 18.4 Å². The fourth-order valence-corrected chi connectivity index (χ4v) is 4.75. The van der Waals surface area contributed by atoms with Gasteiger partial charge in [0.2, 0.25) is 5.91 Å². The van der Waals surface area contributed by atoms with Crippen molar-refractivity contribution in [3.8, 4) is 0 Å². The Morgan fingerprint density at radius 3 is 2.45 bits per heavy atom. The van der Waals surface area contributed by atoms with Gasteiger partial charge in [0.15, 0.2) is 0 Å². The van der Waals surface area contributed by atoms with Crippen molar-refractivity contribution < 1.29 is 9.59 Å². The summed E-state index contributed by atoms with van der Waals surface area (Å²) in [4.78, 5) is 29.1. The van der Waals surface area contributed by atoms with E-state index < -0.39 is 5.41 Å². The Morgan fingerprint density at radius 2 is 1.84 bits per heavy atom. The van der Waals surface area contributed by atoms with Crippen LogP contribution < -0.4 is 10.6 Å². The molecule has 1 atom stereocenters. The van der Waals surface area contributed by atoms with Gasteiger partial charge in [-0.05, 0) is 43.2 Å². The highest BCUT2D eigenvalue weighted by Gasteiger charge is 2.44. The predicted molar refractivity (Wildman–Crippen MR) is 127 cm³/mol. The van der Waals surface area contributed by atoms with Crippen LogP contribution >= 0.6 is 23.2 Å². The molecule has 0 aromatic heterocycles. The fourth-order valence-electron chi connectivity index (χ4n) is 4.28. The summed E-state index contributed by atoms with van der Waals surface area (Å²) in [5.74, 6) is -0.348. The number of anilines is 1. The maximum atomic E-state index is 13.5. The summed E-state index contributed by atoms with van der Waals surface area (Å²) in [5, 5.41) is 1.06. The van der Waals surface area contributed by atoms with Crippen molar-refractivity contribution in [1.82, 2.24) is 4.90 Å². The van der Waals surface area contributed by atoms with Crippen LogP contribution in [0.15, 0.2) is 42.5 Å². The van der Waals surface area contributed by atoms with Crippen molar-refractivity contribution in [3.63, 3.8) is 0 Å². The quantitative estimate of drug-likeness (QED) is 0.539. The number of carbonyl (C=O) groups excluding carboxylic acids is 2. The predicted octanol–water partition coefficient (Wildman–Crippen LogP) is 5.80. The molecule has 1 aliphatic heterocycles. The smallest absolute Gasteiger partial charge is 0.324 e. The van der Waals surface area contributed by atoms with Gasteiger partial charge in [-0.1, -0.05) is 66.7 Å². The topological polar surface area (TPSA) is 66.6 Å². The SMILES string of the molecule is CCCCC1(CC(N)=O)CN(Cc2ccc(Cl)cc2Cl)C(=O)N(c2ccc(C)cc2)C1. The summed E-state index contributed by atoms with van der Waals surface area (Å²) in [6.45, 7) is 5.38. The normalized spacial score (nSPS) is 19.0. The monoisotopic (exact) mass is 461 g/mol. The number of urea groups is 1. The average molecular weight is 462 g/mol. The lowest BCUT2D eigenvalue weighted by Gasteiger charge is -2.47. The van der Waals surface area contributed by atoms with Crippen molar-refractivity contribution >= 4 is 40.8 Å². The highest BCUT2D eigenvalue weighted by molar-refractivity contribution is 6.35. The summed E-state index contributed by atoms with van der Waals surface area (Å²) < 4.78 is 0. The third-order valence-electron chi connectivity index (χ3n) is 5.85. The number of carbonyl (C=O) groups is 2. The molecule has 1 saturated heterocycles. The number of unbranched alkanes of at least 4 members (excludes halogenated alkanes) is 1. The molecule has 7 heteroatoms. The molecule has 2 aromatic carbocycles. The molecule has 0 radical (unpaired) electrons. The first-order valence-electron chi connectivity index (χ1n) is 10.6. The van der Waals surface area contributed by atoms with Gasteiger partial charge in [0.05, 0.1) is 0 Å². The molecule has 1 heterocycles. The van der Waals surface area contributed by atoms with Crippen LogP contribution in [0.2, 0.25) is 10.0 Å². The van der Waals surface area contributed by atoms with E-state index in [0.29, 0.717) is 29.7 Å². The molecule has 1 fully saturated rings. The van der Waals surface area contributed by atoms with Crippen LogP contribution in [0.1, 0.15) is 43.7 Å². The molecule has 0 bridgehead atoms. The lowest BCUT2D eigenvalue weighted by molar-refractivity contribution is -0.120. The van der Waals surface area contributed by atoms with Gasteiger partial charge in [0.25, 0.3) is 0 Å². The van der Waals surface area contributed by atoms with Crippen molar-refractivity contribution in [3.05, 3.63) is 63.6 Å². The fraction of sp³-hybridized carbons (Fsp3) is 0.417. The summed E-state index contributed by atoms with van der Waals surface area (Å²) in [6.07, 6.45) is 3.00. The van der Waals surface area contributed by atoms with Crippen LogP contribution in [0.3, 0.4) is 0 Å². The average Bonchev–Trinajstić information content (AvgIpc) is 2.71. The molecule has 2 aromatic rings. The van der Waals surface area contributed by atoms with Crippen molar-refractivity contribution in [2.24, 2.45) is 11.1 Å². The number of nitrogens with zero attached hydrogens (tertiary/aromatic N) is 2. The first kappa shape index (κ1) is 23.4. The Labute approximate surface area is 194 Å². The zero-order valence-electron chi connectivity index (χ0n) is 18.0. The summed E-state index contributed by atoms with van der Waals surface area (Å²) in [7, 11) is 0. The molecular weight excluding hydrogens is 433 g/mol. The number of halogens is 2. The molecule has 0 aliphatic carbocycles. The molecule has 5 nitrogen and oxygen atoms in total. The van der Waals surface area contributed by atoms with Gasteiger partial charge in [-0.2, -0.15) is 0 Å². The second-order valence-electron chi connectivity index (χ2n) is 8.54. The maximum absolute atomic E-state index is 13.5. The van der Waals surface area contributed by atoms with Gasteiger partial charge in [-0.15, -0.1) is 0 Å². The minimum Gasteiger partial charge on any atom is -0.370 e. The van der Waals surface area contributed by atoms with Crippen LogP contribution in [0.4, 0.5) is 10.5 Å². The number of nitrogens with two attached hydrogens (primary N) is 1. The second-order valence-corrected chi connectivity index (χ2v) is 9.39. The van der Waals surface area contributed by atoms with E-state index in [0.717, 1.165) is 36.1 Å². The van der Waals surface area contributed by atoms with Gasteiger partial charge in [0.1, 0.15) is 0 Å². The van der Waals surface area contributed by atoms with E-state index in [1.54, 1.807) is 21.9 Å². The number of aryl methyl sites for hydroxylation is 1. The number of hydrogen-bond donors (Lipinski definition) is 1. The van der Waals surface area contributed by atoms with Gasteiger partial charge in [0, 0.05) is 47.2 Å². The van der Waals surface area contributed by atoms with Gasteiger partial charge in [-0.3, -0.25) is 9.69 Å². The largest absolute Gasteiger partial charge is 0.370 e. The highest BCUT2D eigenvalue weighted by Crippen LogP contribution is 2.38. The van der Waals surface area contributed by atoms with Gasteiger partial charge >= 0.3 is 6.03 Å². The van der Waals surface area contributed by atoms with Crippen molar-refractivity contribution in [1.29, 1.82) is 0 Å². The third-order valence-corrected chi connectivity index (χ3v) is 6.44. The Hall–Kier alpha value is -2.24. The Morgan fingerprint density at radius 1 is 1.13 bits per heavy atom. The van der Waals surface area contributed by atoms with Gasteiger partial charge < -0.3 is 10.6 Å². The summed E-state index contributed by atoms with van der Waals surface area (Å²) in [6, 6.07) is 13.0. The van der Waals surface area contributed by atoms with E-state index >= 15 is 0 Å². The number of rotatable bonds is 8. The van der Waals surface area contributed by atoms with E-state index in [9.17, 15) is 9.59 Å². The minimum atomic E-state index is -0.417. The molecule has 0 spiro atoms. The minimum absolute atomic E-state index is 0.105. The third kappa shape index (κ3) is 5.72. The van der Waals surface area contributed by atoms with Crippen LogP contribution in [-0.2, 0) is 11.3 Å². The van der Waals surface area contributed by atoms with Crippen LogP contribution in [0, 0.1) is 12.3 Å². The van der Waals surface area contributed by atoms with E-state index in [1.807, 2.05) is 37.3 Å². The number of primary amides is 1. The first-order chi connectivity index (χ1) is 14.7. The second kappa shape index (κ2) is 9.92. The summed E-state index contributed by atoms with van der Waals surface area (Å²) >= 11 is 12.4. The molecule has 2 N–H and O–H groups in total. The number of hydrogen-bond acceptors (Lipinski definition) is 2. The highest BCUT2D eigenvalue weighted by atomic mass is 35.5. The number of benzene rings is 2. The lowest BCUT2D eigenvalue weighted by atomic mass is 9.76. The first-order valence-corrected chi connectivity index (χ1v) is 11.3. The van der Waals surface area contributed by atoms with E-state index in [4.69, 9.17) is 28.9 Å². The lowest BCUT2D eigenvalue weighted by Crippen LogP contribution is -2.59.